The Hall–Kier alpha value is -3.11. The smallest absolute Gasteiger partial charge is 0.333 e. The lowest BCUT2D eigenvalue weighted by atomic mass is 9.99. The summed E-state index contributed by atoms with van der Waals surface area (Å²) in [5, 5.41) is 6.03. The number of likely N-dealkylation sites (N-methyl/N-ethyl adjacent to an activating group) is 1. The maximum Gasteiger partial charge on any atom is 0.334 e. The van der Waals surface area contributed by atoms with Crippen LogP contribution in [0.1, 0.15) is 30.5 Å². The number of thioether (sulfide) groups is 1. The van der Waals surface area contributed by atoms with Crippen molar-refractivity contribution in [3.05, 3.63) is 71.5 Å². The quantitative estimate of drug-likeness (QED) is 0.616. The van der Waals surface area contributed by atoms with Gasteiger partial charge in [-0.25, -0.2) is 19.2 Å². The number of hydrazine groups is 1. The number of carbonyl (C=O) groups excluding carboxylic acids is 3. The zero-order chi connectivity index (χ0) is 25.8. The van der Waals surface area contributed by atoms with Crippen LogP contribution in [0.5, 0.6) is 0 Å². The number of rotatable bonds is 7. The molecule has 0 radical (unpaired) electrons. The van der Waals surface area contributed by atoms with Gasteiger partial charge in [0.15, 0.2) is 0 Å². The van der Waals surface area contributed by atoms with Crippen LogP contribution in [-0.4, -0.2) is 82.0 Å². The van der Waals surface area contributed by atoms with E-state index >= 15 is 0 Å². The SMILES string of the molecule is CSCC[C@H]1C(=O)N([C@@H](C)c2ccccc2)C[C@H]2N1C(=O)CN(C)N2C(=O)NCc1ccc(F)cc1. The molecule has 0 saturated carbocycles. The fourth-order valence-electron chi connectivity index (χ4n) is 4.89. The Morgan fingerprint density at radius 3 is 2.50 bits per heavy atom. The molecule has 0 aromatic heterocycles. The summed E-state index contributed by atoms with van der Waals surface area (Å²) in [5.74, 6) is 0.108. The topological polar surface area (TPSA) is 76.2 Å². The van der Waals surface area contributed by atoms with Crippen LogP contribution >= 0.6 is 11.8 Å². The van der Waals surface area contributed by atoms with Crippen molar-refractivity contribution < 1.29 is 18.8 Å². The normalized spacial score (nSPS) is 21.4. The molecule has 0 unspecified atom stereocenters. The molecule has 2 aromatic carbocycles. The van der Waals surface area contributed by atoms with Crippen LogP contribution in [0.25, 0.3) is 0 Å². The van der Waals surface area contributed by atoms with Crippen LogP contribution in [0.2, 0.25) is 0 Å². The van der Waals surface area contributed by atoms with Gasteiger partial charge in [0.2, 0.25) is 11.8 Å². The molecule has 2 aliphatic rings. The molecule has 2 heterocycles. The third-order valence-electron chi connectivity index (χ3n) is 6.80. The van der Waals surface area contributed by atoms with Gasteiger partial charge in [-0.1, -0.05) is 42.5 Å². The number of carbonyl (C=O) groups is 3. The maximum atomic E-state index is 13.7. The highest BCUT2D eigenvalue weighted by atomic mass is 32.2. The van der Waals surface area contributed by atoms with Crippen LogP contribution in [0.4, 0.5) is 9.18 Å². The summed E-state index contributed by atoms with van der Waals surface area (Å²) in [6, 6.07) is 14.4. The second kappa shape index (κ2) is 11.3. The second-order valence-corrected chi connectivity index (χ2v) is 10.1. The molecule has 8 nitrogen and oxygen atoms in total. The van der Waals surface area contributed by atoms with E-state index in [0.29, 0.717) is 12.2 Å². The lowest BCUT2D eigenvalue weighted by Crippen LogP contribution is -2.76. The van der Waals surface area contributed by atoms with Crippen LogP contribution in [0.3, 0.4) is 0 Å². The number of amides is 4. The second-order valence-electron chi connectivity index (χ2n) is 9.10. The van der Waals surface area contributed by atoms with E-state index in [2.05, 4.69) is 5.32 Å². The predicted molar refractivity (Wildman–Crippen MR) is 137 cm³/mol. The van der Waals surface area contributed by atoms with Crippen LogP contribution in [0.15, 0.2) is 54.6 Å². The van der Waals surface area contributed by atoms with E-state index in [-0.39, 0.29) is 49.3 Å². The number of piperazine rings is 1. The van der Waals surface area contributed by atoms with E-state index in [9.17, 15) is 18.8 Å². The van der Waals surface area contributed by atoms with Crippen LogP contribution in [0, 0.1) is 5.82 Å². The van der Waals surface area contributed by atoms with Crippen molar-refractivity contribution in [2.45, 2.75) is 38.1 Å². The van der Waals surface area contributed by atoms with Gasteiger partial charge in [-0.15, -0.1) is 0 Å². The minimum Gasteiger partial charge on any atom is -0.333 e. The molecule has 4 amide bonds. The number of nitrogens with one attached hydrogen (secondary N) is 1. The highest BCUT2D eigenvalue weighted by Gasteiger charge is 2.51. The molecule has 4 rings (SSSR count). The maximum absolute atomic E-state index is 13.7. The average Bonchev–Trinajstić information content (AvgIpc) is 2.87. The first kappa shape index (κ1) is 26.0. The summed E-state index contributed by atoms with van der Waals surface area (Å²) in [6.07, 6.45) is 1.84. The number of halogens is 1. The van der Waals surface area contributed by atoms with Gasteiger partial charge in [-0.2, -0.15) is 11.8 Å². The molecule has 0 aliphatic carbocycles. The number of hydrogen-bond acceptors (Lipinski definition) is 5. The molecule has 0 spiro atoms. The Morgan fingerprint density at radius 2 is 1.83 bits per heavy atom. The van der Waals surface area contributed by atoms with Crippen molar-refractivity contribution >= 4 is 29.6 Å². The average molecular weight is 514 g/mol. The van der Waals surface area contributed by atoms with Crippen LogP contribution < -0.4 is 5.32 Å². The Kier molecular flexibility index (Phi) is 8.15. The summed E-state index contributed by atoms with van der Waals surface area (Å²) in [5.41, 5.74) is 1.75. The molecular weight excluding hydrogens is 481 g/mol. The first-order valence-electron chi connectivity index (χ1n) is 12.0. The van der Waals surface area contributed by atoms with E-state index < -0.39 is 12.2 Å². The van der Waals surface area contributed by atoms with Crippen molar-refractivity contribution in [3.63, 3.8) is 0 Å². The summed E-state index contributed by atoms with van der Waals surface area (Å²) in [6.45, 7) is 2.38. The standard InChI is InChI=1S/C26H32FN5O3S/c1-18(20-7-5-4-6-8-20)30-16-23-31(22(25(30)34)13-14-36-3)24(33)17-29(2)32(23)26(35)28-15-19-9-11-21(27)12-10-19/h4-12,18,22-23H,13-17H2,1-3H3,(H,28,35)/t18-,22-,23-/m0/s1. The van der Waals surface area contributed by atoms with Gasteiger partial charge in [0, 0.05) is 13.6 Å². The van der Waals surface area contributed by atoms with Gasteiger partial charge < -0.3 is 15.1 Å². The summed E-state index contributed by atoms with van der Waals surface area (Å²) >= 11 is 1.62. The highest BCUT2D eigenvalue weighted by molar-refractivity contribution is 7.98. The Morgan fingerprint density at radius 1 is 1.14 bits per heavy atom. The Labute approximate surface area is 215 Å². The van der Waals surface area contributed by atoms with Crippen molar-refractivity contribution in [1.29, 1.82) is 0 Å². The van der Waals surface area contributed by atoms with Crippen molar-refractivity contribution in [2.24, 2.45) is 0 Å². The van der Waals surface area contributed by atoms with E-state index in [0.717, 1.165) is 11.1 Å². The molecule has 2 fully saturated rings. The minimum absolute atomic E-state index is 0.00223. The van der Waals surface area contributed by atoms with Gasteiger partial charge in [-0.3, -0.25) is 9.59 Å². The number of nitrogens with zero attached hydrogens (tertiary/aromatic N) is 4. The summed E-state index contributed by atoms with van der Waals surface area (Å²) < 4.78 is 13.3. The Bertz CT molecular complexity index is 1090. The van der Waals surface area contributed by atoms with E-state index in [1.807, 2.05) is 43.5 Å². The first-order chi connectivity index (χ1) is 17.3. The monoisotopic (exact) mass is 513 g/mol. The molecule has 3 atom stereocenters. The predicted octanol–water partition coefficient (Wildman–Crippen LogP) is 3.08. The van der Waals surface area contributed by atoms with Crippen molar-refractivity contribution in [2.75, 3.05) is 32.1 Å². The molecule has 2 aliphatic heterocycles. The van der Waals surface area contributed by atoms with Crippen LogP contribution in [-0.2, 0) is 16.1 Å². The molecule has 10 heteroatoms. The van der Waals surface area contributed by atoms with Gasteiger partial charge in [-0.05, 0) is 48.6 Å². The largest absolute Gasteiger partial charge is 0.334 e. The van der Waals surface area contributed by atoms with Crippen molar-refractivity contribution in [1.82, 2.24) is 25.1 Å². The number of benzene rings is 2. The number of hydrogen-bond donors (Lipinski definition) is 1. The van der Waals surface area contributed by atoms with Gasteiger partial charge in [0.25, 0.3) is 0 Å². The summed E-state index contributed by atoms with van der Waals surface area (Å²) in [7, 11) is 1.70. The molecule has 2 saturated heterocycles. The van der Waals surface area contributed by atoms with E-state index in [1.165, 1.54) is 17.1 Å². The molecule has 0 bridgehead atoms. The third-order valence-corrected chi connectivity index (χ3v) is 7.44. The highest BCUT2D eigenvalue weighted by Crippen LogP contribution is 2.32. The lowest BCUT2D eigenvalue weighted by molar-refractivity contribution is -0.189. The van der Waals surface area contributed by atoms with E-state index in [4.69, 9.17) is 0 Å². The summed E-state index contributed by atoms with van der Waals surface area (Å²) in [4.78, 5) is 43.7. The van der Waals surface area contributed by atoms with E-state index in [1.54, 1.807) is 45.8 Å². The van der Waals surface area contributed by atoms with Gasteiger partial charge >= 0.3 is 6.03 Å². The van der Waals surface area contributed by atoms with Crippen molar-refractivity contribution in [3.8, 4) is 0 Å². The lowest BCUT2D eigenvalue weighted by Gasteiger charge is -2.55. The van der Waals surface area contributed by atoms with Gasteiger partial charge in [0.1, 0.15) is 18.0 Å². The first-order valence-corrected chi connectivity index (χ1v) is 13.4. The Balaban J connectivity index is 1.62. The minimum atomic E-state index is -0.643. The molecule has 192 valence electrons. The number of urea groups is 1. The molecule has 1 N–H and O–H groups in total. The fourth-order valence-corrected chi connectivity index (χ4v) is 5.35. The molecular formula is C26H32FN5O3S. The molecule has 2 aromatic rings. The fraction of sp³-hybridized carbons (Fsp3) is 0.423. The third kappa shape index (κ3) is 5.34. The molecule has 36 heavy (non-hydrogen) atoms. The zero-order valence-corrected chi connectivity index (χ0v) is 21.6. The number of fused-ring (bicyclic) bond motifs is 1. The van der Waals surface area contributed by atoms with Gasteiger partial charge in [0.05, 0.1) is 19.1 Å². The zero-order valence-electron chi connectivity index (χ0n) is 20.8.